The lowest BCUT2D eigenvalue weighted by atomic mass is 10.1. The van der Waals surface area contributed by atoms with E-state index in [0.717, 1.165) is 5.56 Å². The first-order valence-electron chi connectivity index (χ1n) is 8.08. The molecule has 0 unspecified atom stereocenters. The number of aryl methyl sites for hydroxylation is 1. The third kappa shape index (κ3) is 4.33. The molecule has 0 spiro atoms. The molecule has 7 heteroatoms. The predicted molar refractivity (Wildman–Crippen MR) is 97.6 cm³/mol. The van der Waals surface area contributed by atoms with E-state index in [1.165, 1.54) is 43.8 Å². The van der Waals surface area contributed by atoms with Gasteiger partial charge in [-0.2, -0.15) is 4.73 Å². The number of amides is 1. The zero-order chi connectivity index (χ0) is 19.4. The summed E-state index contributed by atoms with van der Waals surface area (Å²) in [5.74, 6) is -0.147. The summed E-state index contributed by atoms with van der Waals surface area (Å²) in [7, 11) is 1.40. The molecule has 0 fully saturated rings. The fourth-order valence-electron chi connectivity index (χ4n) is 2.47. The van der Waals surface area contributed by atoms with Gasteiger partial charge in [-0.1, -0.05) is 6.07 Å². The van der Waals surface area contributed by atoms with Gasteiger partial charge in [0.2, 0.25) is 6.20 Å². The van der Waals surface area contributed by atoms with E-state index in [4.69, 9.17) is 9.47 Å². The second-order valence-corrected chi connectivity index (χ2v) is 5.80. The first kappa shape index (κ1) is 18.2. The molecule has 0 saturated carbocycles. The number of benzene rings is 2. The highest BCUT2D eigenvalue weighted by Crippen LogP contribution is 2.34. The molecule has 3 aromatic rings. The summed E-state index contributed by atoms with van der Waals surface area (Å²) in [5.41, 5.74) is 1.48. The quantitative estimate of drug-likeness (QED) is 0.549. The van der Waals surface area contributed by atoms with Crippen LogP contribution in [0.25, 0.3) is 0 Å². The average Bonchev–Trinajstić information content (AvgIpc) is 2.63. The van der Waals surface area contributed by atoms with Crippen LogP contribution in [0.4, 0.5) is 10.1 Å². The van der Waals surface area contributed by atoms with Gasteiger partial charge in [0.1, 0.15) is 17.3 Å². The van der Waals surface area contributed by atoms with Crippen molar-refractivity contribution in [3.05, 3.63) is 83.1 Å². The third-order valence-electron chi connectivity index (χ3n) is 3.76. The highest BCUT2D eigenvalue weighted by Gasteiger charge is 2.16. The SMILES string of the molecule is COc1cc(F)ccc1Oc1cc(C)ccc1C(=O)Nc1ccc[n+]([O-])c1. The minimum Gasteiger partial charge on any atom is -0.619 e. The molecule has 1 heterocycles. The summed E-state index contributed by atoms with van der Waals surface area (Å²) < 4.78 is 24.9. The van der Waals surface area contributed by atoms with Gasteiger partial charge >= 0.3 is 0 Å². The summed E-state index contributed by atoms with van der Waals surface area (Å²) in [6.45, 7) is 1.86. The predicted octanol–water partition coefficient (Wildman–Crippen LogP) is 3.82. The molecule has 2 aromatic carbocycles. The Morgan fingerprint density at radius 3 is 2.67 bits per heavy atom. The Labute approximate surface area is 155 Å². The molecule has 1 amide bonds. The molecular formula is C20H17FN2O4. The fourth-order valence-corrected chi connectivity index (χ4v) is 2.47. The summed E-state index contributed by atoms with van der Waals surface area (Å²) in [6.07, 6.45) is 2.56. The van der Waals surface area contributed by atoms with Crippen molar-refractivity contribution in [2.75, 3.05) is 12.4 Å². The first-order valence-corrected chi connectivity index (χ1v) is 8.08. The van der Waals surface area contributed by atoms with Crippen molar-refractivity contribution in [3.8, 4) is 17.2 Å². The second kappa shape index (κ2) is 7.74. The Hall–Kier alpha value is -3.61. The number of carbonyl (C=O) groups excluding carboxylic acids is 1. The van der Waals surface area contributed by atoms with Crippen LogP contribution in [0.5, 0.6) is 17.2 Å². The smallest absolute Gasteiger partial charge is 0.259 e. The topological polar surface area (TPSA) is 74.5 Å². The van der Waals surface area contributed by atoms with Crippen LogP contribution in [0.15, 0.2) is 60.9 Å². The van der Waals surface area contributed by atoms with Gasteiger partial charge in [0.05, 0.1) is 12.7 Å². The van der Waals surface area contributed by atoms with Crippen molar-refractivity contribution in [2.45, 2.75) is 6.92 Å². The Bertz CT molecular complexity index is 991. The van der Waals surface area contributed by atoms with Crippen LogP contribution in [0.1, 0.15) is 15.9 Å². The molecule has 0 aliphatic heterocycles. The van der Waals surface area contributed by atoms with Crippen molar-refractivity contribution in [2.24, 2.45) is 0 Å². The molecule has 138 valence electrons. The highest BCUT2D eigenvalue weighted by molar-refractivity contribution is 6.06. The number of halogens is 1. The largest absolute Gasteiger partial charge is 0.619 e. The third-order valence-corrected chi connectivity index (χ3v) is 3.76. The van der Waals surface area contributed by atoms with E-state index >= 15 is 0 Å². The molecule has 27 heavy (non-hydrogen) atoms. The van der Waals surface area contributed by atoms with Gasteiger partial charge < -0.3 is 20.0 Å². The second-order valence-electron chi connectivity index (χ2n) is 5.80. The van der Waals surface area contributed by atoms with Gasteiger partial charge in [0, 0.05) is 12.1 Å². The zero-order valence-electron chi connectivity index (χ0n) is 14.7. The molecule has 0 atom stereocenters. The normalized spacial score (nSPS) is 10.3. The van der Waals surface area contributed by atoms with Gasteiger partial charge in [-0.05, 0) is 42.8 Å². The van der Waals surface area contributed by atoms with Crippen LogP contribution in [-0.4, -0.2) is 13.0 Å². The Kier molecular flexibility index (Phi) is 5.21. The number of pyridine rings is 1. The number of ether oxygens (including phenoxy) is 2. The summed E-state index contributed by atoms with van der Waals surface area (Å²) in [4.78, 5) is 12.7. The van der Waals surface area contributed by atoms with Crippen molar-refractivity contribution >= 4 is 11.6 Å². The molecule has 0 bridgehead atoms. The number of aromatic nitrogens is 1. The van der Waals surface area contributed by atoms with E-state index in [0.29, 0.717) is 10.4 Å². The lowest BCUT2D eigenvalue weighted by Gasteiger charge is -2.14. The van der Waals surface area contributed by atoms with Crippen molar-refractivity contribution < 1.29 is 23.4 Å². The van der Waals surface area contributed by atoms with Crippen LogP contribution in [0.2, 0.25) is 0 Å². The number of anilines is 1. The number of nitrogens with zero attached hydrogens (tertiary/aromatic N) is 1. The van der Waals surface area contributed by atoms with Gasteiger partial charge in [0.15, 0.2) is 17.7 Å². The maximum Gasteiger partial charge on any atom is 0.259 e. The zero-order valence-corrected chi connectivity index (χ0v) is 14.7. The van der Waals surface area contributed by atoms with Crippen LogP contribution in [-0.2, 0) is 0 Å². The summed E-state index contributed by atoms with van der Waals surface area (Å²) >= 11 is 0. The van der Waals surface area contributed by atoms with E-state index in [1.54, 1.807) is 24.3 Å². The van der Waals surface area contributed by atoms with Crippen molar-refractivity contribution in [3.63, 3.8) is 0 Å². The molecule has 1 N–H and O–H groups in total. The van der Waals surface area contributed by atoms with Crippen LogP contribution in [0, 0.1) is 17.9 Å². The molecule has 0 radical (unpaired) electrons. The summed E-state index contributed by atoms with van der Waals surface area (Å²) in [5, 5.41) is 14.0. The lowest BCUT2D eigenvalue weighted by molar-refractivity contribution is -0.604. The molecule has 0 aliphatic carbocycles. The van der Waals surface area contributed by atoms with E-state index in [9.17, 15) is 14.4 Å². The monoisotopic (exact) mass is 368 g/mol. The minimum absolute atomic E-state index is 0.207. The maximum atomic E-state index is 13.4. The maximum absolute atomic E-state index is 13.4. The molecule has 3 rings (SSSR count). The Balaban J connectivity index is 1.92. The average molecular weight is 368 g/mol. The standard InChI is InChI=1S/C20H17FN2O4/c1-13-5-7-16(20(24)22-15-4-3-9-23(25)12-15)18(10-13)27-17-8-6-14(21)11-19(17)26-2/h3-12H,1-2H3,(H,22,24). The molecule has 0 aliphatic rings. The molecule has 6 nitrogen and oxygen atoms in total. The Morgan fingerprint density at radius 1 is 1.11 bits per heavy atom. The van der Waals surface area contributed by atoms with Gasteiger partial charge in [-0.15, -0.1) is 0 Å². The van der Waals surface area contributed by atoms with E-state index in [1.807, 2.05) is 6.92 Å². The van der Waals surface area contributed by atoms with Gasteiger partial charge in [-0.25, -0.2) is 4.39 Å². The molecular weight excluding hydrogens is 351 g/mol. The number of carbonyl (C=O) groups is 1. The van der Waals surface area contributed by atoms with Crippen LogP contribution < -0.4 is 19.5 Å². The number of methoxy groups -OCH3 is 1. The van der Waals surface area contributed by atoms with E-state index in [-0.39, 0.29) is 22.8 Å². The highest BCUT2D eigenvalue weighted by atomic mass is 19.1. The van der Waals surface area contributed by atoms with Gasteiger partial charge in [0.25, 0.3) is 5.91 Å². The van der Waals surface area contributed by atoms with Crippen molar-refractivity contribution in [1.82, 2.24) is 0 Å². The number of hydrogen-bond donors (Lipinski definition) is 1. The van der Waals surface area contributed by atoms with Gasteiger partial charge in [-0.3, -0.25) is 4.79 Å². The number of hydrogen-bond acceptors (Lipinski definition) is 4. The summed E-state index contributed by atoms with van der Waals surface area (Å²) in [6, 6.07) is 12.1. The van der Waals surface area contributed by atoms with Crippen LogP contribution >= 0.6 is 0 Å². The van der Waals surface area contributed by atoms with Crippen LogP contribution in [0.3, 0.4) is 0 Å². The number of rotatable bonds is 5. The Morgan fingerprint density at radius 2 is 1.93 bits per heavy atom. The fraction of sp³-hybridized carbons (Fsp3) is 0.100. The molecule has 1 aromatic heterocycles. The van der Waals surface area contributed by atoms with Crippen molar-refractivity contribution in [1.29, 1.82) is 0 Å². The molecule has 0 saturated heterocycles. The van der Waals surface area contributed by atoms with E-state index in [2.05, 4.69) is 5.32 Å². The minimum atomic E-state index is -0.462. The first-order chi connectivity index (χ1) is 13.0. The van der Waals surface area contributed by atoms with E-state index < -0.39 is 11.7 Å². The number of nitrogens with one attached hydrogen (secondary N) is 1. The lowest BCUT2D eigenvalue weighted by Crippen LogP contribution is -2.25.